The molecule has 0 atom stereocenters. The van der Waals surface area contributed by atoms with Gasteiger partial charge in [0.2, 0.25) is 5.91 Å². The number of carbonyl (C=O) groups is 2. The summed E-state index contributed by atoms with van der Waals surface area (Å²) in [4.78, 5) is 29.5. The highest BCUT2D eigenvalue weighted by atomic mass is 35.5. The molecule has 2 heterocycles. The summed E-state index contributed by atoms with van der Waals surface area (Å²) in [6.07, 6.45) is 1.50. The number of hydrogen-bond acceptors (Lipinski definition) is 3. The fraction of sp³-hybridized carbons (Fsp3) is 0.188. The van der Waals surface area contributed by atoms with Gasteiger partial charge in [-0.15, -0.1) is 0 Å². The lowest BCUT2D eigenvalue weighted by molar-refractivity contribution is -0.123. The molecule has 0 saturated carbocycles. The molecule has 124 valence electrons. The first-order chi connectivity index (χ1) is 11.5. The lowest BCUT2D eigenvalue weighted by Gasteiger charge is -2.38. The molecule has 1 aromatic heterocycles. The van der Waals surface area contributed by atoms with Crippen LogP contribution in [0.3, 0.4) is 0 Å². The number of rotatable bonds is 3. The van der Waals surface area contributed by atoms with E-state index in [9.17, 15) is 18.4 Å². The van der Waals surface area contributed by atoms with Gasteiger partial charge >= 0.3 is 0 Å². The standard InChI is InChI=1S/C16H12ClF2N3O2/c17-14-13(2-1-5-20-14)21-15(23)10-7-22(8-10)16(24)9-3-4-11(18)12(19)6-9/h1-6,10H,7-8H2,(H,21,23). The number of anilines is 1. The summed E-state index contributed by atoms with van der Waals surface area (Å²) in [7, 11) is 0. The van der Waals surface area contributed by atoms with Crippen LogP contribution < -0.4 is 5.32 Å². The first-order valence-electron chi connectivity index (χ1n) is 7.11. The number of pyridine rings is 1. The van der Waals surface area contributed by atoms with Crippen molar-refractivity contribution in [3.8, 4) is 0 Å². The Balaban J connectivity index is 1.58. The number of carbonyl (C=O) groups excluding carboxylic acids is 2. The normalized spacial score (nSPS) is 14.2. The van der Waals surface area contributed by atoms with Crippen LogP contribution in [0.2, 0.25) is 5.15 Å². The summed E-state index contributed by atoms with van der Waals surface area (Å²) in [5.74, 6) is -3.21. The molecular formula is C16H12ClF2N3O2. The van der Waals surface area contributed by atoms with Gasteiger partial charge in [-0.25, -0.2) is 13.8 Å². The van der Waals surface area contributed by atoms with Gasteiger partial charge in [-0.05, 0) is 30.3 Å². The van der Waals surface area contributed by atoms with Gasteiger partial charge in [-0.3, -0.25) is 9.59 Å². The zero-order valence-electron chi connectivity index (χ0n) is 12.3. The Morgan fingerprint density at radius 3 is 2.62 bits per heavy atom. The van der Waals surface area contributed by atoms with E-state index < -0.39 is 23.5 Å². The van der Waals surface area contributed by atoms with Crippen LogP contribution in [0.25, 0.3) is 0 Å². The monoisotopic (exact) mass is 351 g/mol. The van der Waals surface area contributed by atoms with E-state index in [1.165, 1.54) is 17.2 Å². The second-order valence-corrected chi connectivity index (χ2v) is 5.72. The van der Waals surface area contributed by atoms with Crippen molar-refractivity contribution >= 4 is 29.1 Å². The Morgan fingerprint density at radius 2 is 1.96 bits per heavy atom. The number of aromatic nitrogens is 1. The van der Waals surface area contributed by atoms with Crippen LogP contribution in [0.15, 0.2) is 36.5 Å². The van der Waals surface area contributed by atoms with Crippen molar-refractivity contribution in [2.75, 3.05) is 18.4 Å². The van der Waals surface area contributed by atoms with Crippen molar-refractivity contribution in [3.63, 3.8) is 0 Å². The van der Waals surface area contributed by atoms with Gasteiger partial charge in [0.05, 0.1) is 11.6 Å². The lowest BCUT2D eigenvalue weighted by Crippen LogP contribution is -2.54. The molecule has 1 aliphatic heterocycles. The predicted octanol–water partition coefficient (Wildman–Crippen LogP) is 2.72. The SMILES string of the molecule is O=C(Nc1cccnc1Cl)C1CN(C(=O)c2ccc(F)c(F)c2)C1. The number of hydrogen-bond donors (Lipinski definition) is 1. The predicted molar refractivity (Wildman–Crippen MR) is 83.6 cm³/mol. The van der Waals surface area contributed by atoms with E-state index in [2.05, 4.69) is 10.3 Å². The number of nitrogens with one attached hydrogen (secondary N) is 1. The molecule has 1 N–H and O–H groups in total. The van der Waals surface area contributed by atoms with Gasteiger partial charge in [0.15, 0.2) is 16.8 Å². The van der Waals surface area contributed by atoms with Crippen molar-refractivity contribution in [2.45, 2.75) is 0 Å². The highest BCUT2D eigenvalue weighted by Crippen LogP contribution is 2.23. The fourth-order valence-corrected chi connectivity index (χ4v) is 2.50. The van der Waals surface area contributed by atoms with Crippen LogP contribution in [0, 0.1) is 17.6 Å². The quantitative estimate of drug-likeness (QED) is 0.865. The first-order valence-corrected chi connectivity index (χ1v) is 7.49. The Kier molecular flexibility index (Phi) is 4.44. The van der Waals surface area contributed by atoms with E-state index in [0.29, 0.717) is 5.69 Å². The third kappa shape index (κ3) is 3.21. The molecule has 5 nitrogen and oxygen atoms in total. The molecule has 2 amide bonds. The van der Waals surface area contributed by atoms with Crippen LogP contribution in [0.5, 0.6) is 0 Å². The van der Waals surface area contributed by atoms with Gasteiger partial charge in [-0.1, -0.05) is 11.6 Å². The zero-order chi connectivity index (χ0) is 17.3. The minimum atomic E-state index is -1.08. The second-order valence-electron chi connectivity index (χ2n) is 5.37. The third-order valence-electron chi connectivity index (χ3n) is 3.72. The molecule has 1 aromatic carbocycles. The summed E-state index contributed by atoms with van der Waals surface area (Å²) in [5, 5.41) is 2.83. The molecule has 0 aliphatic carbocycles. The highest BCUT2D eigenvalue weighted by Gasteiger charge is 2.36. The number of amides is 2. The molecule has 0 bridgehead atoms. The zero-order valence-corrected chi connectivity index (χ0v) is 13.1. The molecule has 1 aliphatic rings. The maximum Gasteiger partial charge on any atom is 0.254 e. The average molecular weight is 352 g/mol. The molecular weight excluding hydrogens is 340 g/mol. The fourth-order valence-electron chi connectivity index (χ4n) is 2.34. The van der Waals surface area contributed by atoms with Crippen LogP contribution in [0.4, 0.5) is 14.5 Å². The van der Waals surface area contributed by atoms with E-state index in [-0.39, 0.29) is 29.7 Å². The van der Waals surface area contributed by atoms with Crippen molar-refractivity contribution in [1.29, 1.82) is 0 Å². The van der Waals surface area contributed by atoms with Crippen LogP contribution >= 0.6 is 11.6 Å². The molecule has 1 saturated heterocycles. The minimum absolute atomic E-state index is 0.0445. The Hall–Kier alpha value is -2.54. The van der Waals surface area contributed by atoms with Crippen LogP contribution in [-0.4, -0.2) is 34.8 Å². The molecule has 3 rings (SSSR count). The molecule has 8 heteroatoms. The van der Waals surface area contributed by atoms with Gasteiger partial charge in [0.1, 0.15) is 0 Å². The van der Waals surface area contributed by atoms with Crippen molar-refractivity contribution in [1.82, 2.24) is 9.88 Å². The summed E-state index contributed by atoms with van der Waals surface area (Å²) in [6.45, 7) is 0.392. The Bertz CT molecular complexity index is 810. The number of likely N-dealkylation sites (tertiary alicyclic amines) is 1. The Morgan fingerprint density at radius 1 is 1.21 bits per heavy atom. The summed E-state index contributed by atoms with van der Waals surface area (Å²) >= 11 is 5.86. The van der Waals surface area contributed by atoms with Gasteiger partial charge < -0.3 is 10.2 Å². The molecule has 0 radical (unpaired) electrons. The molecule has 2 aromatic rings. The van der Waals surface area contributed by atoms with E-state index in [1.54, 1.807) is 12.1 Å². The summed E-state index contributed by atoms with van der Waals surface area (Å²) in [6, 6.07) is 6.22. The molecule has 0 unspecified atom stereocenters. The van der Waals surface area contributed by atoms with E-state index in [4.69, 9.17) is 11.6 Å². The van der Waals surface area contributed by atoms with Crippen LogP contribution in [0.1, 0.15) is 10.4 Å². The average Bonchev–Trinajstić information content (AvgIpc) is 2.50. The van der Waals surface area contributed by atoms with Gasteiger partial charge in [0, 0.05) is 24.8 Å². The lowest BCUT2D eigenvalue weighted by atomic mass is 9.97. The van der Waals surface area contributed by atoms with E-state index >= 15 is 0 Å². The van der Waals surface area contributed by atoms with Gasteiger partial charge in [-0.2, -0.15) is 0 Å². The number of halogens is 3. The largest absolute Gasteiger partial charge is 0.337 e. The highest BCUT2D eigenvalue weighted by molar-refractivity contribution is 6.32. The third-order valence-corrected chi connectivity index (χ3v) is 4.02. The van der Waals surface area contributed by atoms with Crippen molar-refractivity contribution in [2.24, 2.45) is 5.92 Å². The topological polar surface area (TPSA) is 62.3 Å². The maximum absolute atomic E-state index is 13.2. The smallest absolute Gasteiger partial charge is 0.254 e. The molecule has 1 fully saturated rings. The number of nitrogens with zero attached hydrogens (tertiary/aromatic N) is 2. The molecule has 0 spiro atoms. The first kappa shape index (κ1) is 16.3. The van der Waals surface area contributed by atoms with Crippen LogP contribution in [-0.2, 0) is 4.79 Å². The van der Waals surface area contributed by atoms with E-state index in [0.717, 1.165) is 12.1 Å². The maximum atomic E-state index is 13.2. The summed E-state index contributed by atoms with van der Waals surface area (Å²) < 4.78 is 26.1. The Labute approximate surface area is 141 Å². The van der Waals surface area contributed by atoms with E-state index in [1.807, 2.05) is 0 Å². The summed E-state index contributed by atoms with van der Waals surface area (Å²) in [5.41, 5.74) is 0.442. The minimum Gasteiger partial charge on any atom is -0.337 e. The molecule has 24 heavy (non-hydrogen) atoms. The van der Waals surface area contributed by atoms with Crippen molar-refractivity contribution < 1.29 is 18.4 Å². The van der Waals surface area contributed by atoms with Crippen molar-refractivity contribution in [3.05, 3.63) is 58.9 Å². The number of benzene rings is 1. The van der Waals surface area contributed by atoms with Gasteiger partial charge in [0.25, 0.3) is 5.91 Å². The second kappa shape index (κ2) is 6.52.